The monoisotopic (exact) mass is 402 g/mol. The van der Waals surface area contributed by atoms with Gasteiger partial charge in [0.2, 0.25) is 0 Å². The van der Waals surface area contributed by atoms with Crippen molar-refractivity contribution in [3.05, 3.63) is 76.7 Å². The van der Waals surface area contributed by atoms with Crippen LogP contribution >= 0.6 is 23.4 Å². The molecule has 3 aromatic rings. The molecule has 1 aromatic heterocycles. The van der Waals surface area contributed by atoms with Crippen LogP contribution in [0.3, 0.4) is 0 Å². The first-order valence-corrected chi connectivity index (χ1v) is 9.60. The first-order valence-electron chi connectivity index (χ1n) is 8.24. The van der Waals surface area contributed by atoms with Crippen molar-refractivity contribution in [3.63, 3.8) is 0 Å². The van der Waals surface area contributed by atoms with Crippen LogP contribution in [-0.2, 0) is 10.5 Å². The van der Waals surface area contributed by atoms with Gasteiger partial charge in [0.25, 0.3) is 0 Å². The summed E-state index contributed by atoms with van der Waals surface area (Å²) in [6.07, 6.45) is 1.45. The van der Waals surface area contributed by atoms with Gasteiger partial charge in [0.15, 0.2) is 5.16 Å². The van der Waals surface area contributed by atoms with E-state index < -0.39 is 5.97 Å². The fraction of sp³-hybridized carbons (Fsp3) is 0.150. The third-order valence-electron chi connectivity index (χ3n) is 3.66. The number of carbonyl (C=O) groups is 1. The van der Waals surface area contributed by atoms with E-state index >= 15 is 0 Å². The summed E-state index contributed by atoms with van der Waals surface area (Å²) in [7, 11) is 0. The van der Waals surface area contributed by atoms with Gasteiger partial charge in [-0.15, -0.1) is 0 Å². The number of aromatic nitrogens is 2. The lowest BCUT2D eigenvalue weighted by molar-refractivity contribution is 0.0526. The van der Waals surface area contributed by atoms with E-state index in [4.69, 9.17) is 16.3 Å². The second-order valence-electron chi connectivity index (χ2n) is 5.56. The van der Waals surface area contributed by atoms with Crippen LogP contribution in [0, 0.1) is 5.82 Å². The summed E-state index contributed by atoms with van der Waals surface area (Å²) in [6, 6.07) is 13.3. The zero-order valence-corrected chi connectivity index (χ0v) is 16.1. The second-order valence-corrected chi connectivity index (χ2v) is 6.94. The van der Waals surface area contributed by atoms with Crippen LogP contribution in [0.4, 0.5) is 4.39 Å². The maximum Gasteiger partial charge on any atom is 0.341 e. The molecule has 0 unspecified atom stereocenters. The lowest BCUT2D eigenvalue weighted by Gasteiger charge is -2.10. The number of thioether (sulfide) groups is 1. The maximum absolute atomic E-state index is 13.3. The molecule has 0 amide bonds. The van der Waals surface area contributed by atoms with Gasteiger partial charge in [-0.25, -0.2) is 19.2 Å². The predicted octanol–water partition coefficient (Wildman–Crippen LogP) is 5.41. The number of hydrogen-bond donors (Lipinski definition) is 0. The van der Waals surface area contributed by atoms with Crippen molar-refractivity contribution in [2.24, 2.45) is 0 Å². The average molecular weight is 403 g/mol. The number of nitrogens with zero attached hydrogens (tertiary/aromatic N) is 2. The minimum Gasteiger partial charge on any atom is -0.462 e. The molecule has 7 heteroatoms. The maximum atomic E-state index is 13.3. The van der Waals surface area contributed by atoms with Crippen molar-refractivity contribution < 1.29 is 13.9 Å². The van der Waals surface area contributed by atoms with Crippen LogP contribution in [0.15, 0.2) is 59.9 Å². The number of carbonyl (C=O) groups excluding carboxylic acids is 1. The van der Waals surface area contributed by atoms with E-state index in [9.17, 15) is 9.18 Å². The van der Waals surface area contributed by atoms with Gasteiger partial charge in [-0.3, -0.25) is 0 Å². The Morgan fingerprint density at radius 1 is 1.15 bits per heavy atom. The molecule has 0 bridgehead atoms. The molecule has 138 valence electrons. The Labute approximate surface area is 165 Å². The van der Waals surface area contributed by atoms with Crippen LogP contribution in [0.2, 0.25) is 5.02 Å². The Hall–Kier alpha value is -2.44. The second kappa shape index (κ2) is 8.97. The highest BCUT2D eigenvalue weighted by molar-refractivity contribution is 7.98. The molecule has 1 heterocycles. The van der Waals surface area contributed by atoms with Crippen molar-refractivity contribution in [2.45, 2.75) is 17.8 Å². The zero-order chi connectivity index (χ0) is 19.2. The highest BCUT2D eigenvalue weighted by atomic mass is 35.5. The number of rotatable bonds is 6. The number of halogens is 2. The Bertz CT molecular complexity index is 934. The molecule has 0 saturated carbocycles. The van der Waals surface area contributed by atoms with Crippen molar-refractivity contribution in [3.8, 4) is 11.3 Å². The number of esters is 1. The summed E-state index contributed by atoms with van der Waals surface area (Å²) in [4.78, 5) is 21.0. The predicted molar refractivity (Wildman–Crippen MR) is 104 cm³/mol. The fourth-order valence-corrected chi connectivity index (χ4v) is 3.25. The van der Waals surface area contributed by atoms with E-state index in [1.54, 1.807) is 19.1 Å². The summed E-state index contributed by atoms with van der Waals surface area (Å²) in [5, 5.41) is 1.19. The lowest BCUT2D eigenvalue weighted by Crippen LogP contribution is -2.09. The van der Waals surface area contributed by atoms with E-state index in [2.05, 4.69) is 9.97 Å². The third kappa shape index (κ3) is 5.05. The van der Waals surface area contributed by atoms with Crippen molar-refractivity contribution in [2.75, 3.05) is 6.61 Å². The normalized spacial score (nSPS) is 10.6. The van der Waals surface area contributed by atoms with E-state index in [1.807, 2.05) is 24.3 Å². The van der Waals surface area contributed by atoms with Crippen LogP contribution in [0.25, 0.3) is 11.3 Å². The summed E-state index contributed by atoms with van der Waals surface area (Å²) < 4.78 is 18.3. The number of ether oxygens (including phenoxy) is 1. The molecule has 0 saturated heterocycles. The van der Waals surface area contributed by atoms with E-state index in [0.717, 1.165) is 5.56 Å². The van der Waals surface area contributed by atoms with Gasteiger partial charge < -0.3 is 4.74 Å². The van der Waals surface area contributed by atoms with Crippen molar-refractivity contribution in [1.82, 2.24) is 9.97 Å². The Kier molecular flexibility index (Phi) is 6.42. The molecule has 0 spiro atoms. The molecule has 0 aliphatic heterocycles. The van der Waals surface area contributed by atoms with Crippen molar-refractivity contribution in [1.29, 1.82) is 0 Å². The minimum atomic E-state index is -0.508. The third-order valence-corrected chi connectivity index (χ3v) is 4.85. The summed E-state index contributed by atoms with van der Waals surface area (Å²) in [5.41, 5.74) is 2.36. The molecule has 0 N–H and O–H groups in total. The molecular formula is C20H16ClFN2O2S. The highest BCUT2D eigenvalue weighted by Crippen LogP contribution is 2.27. The Morgan fingerprint density at radius 3 is 2.52 bits per heavy atom. The van der Waals surface area contributed by atoms with Gasteiger partial charge in [-0.1, -0.05) is 35.5 Å². The fourth-order valence-electron chi connectivity index (χ4n) is 2.35. The molecule has 4 nitrogen and oxygen atoms in total. The molecule has 3 rings (SSSR count). The molecule has 2 aromatic carbocycles. The van der Waals surface area contributed by atoms with Gasteiger partial charge in [-0.05, 0) is 48.9 Å². The molecule has 0 aliphatic carbocycles. The highest BCUT2D eigenvalue weighted by Gasteiger charge is 2.17. The Balaban J connectivity index is 1.89. The minimum absolute atomic E-state index is 0.245. The smallest absolute Gasteiger partial charge is 0.341 e. The molecule has 0 fully saturated rings. The van der Waals surface area contributed by atoms with E-state index in [1.165, 1.54) is 30.1 Å². The van der Waals surface area contributed by atoms with Crippen LogP contribution in [-0.4, -0.2) is 22.5 Å². The van der Waals surface area contributed by atoms with Gasteiger partial charge in [0.1, 0.15) is 11.4 Å². The van der Waals surface area contributed by atoms with E-state index in [0.29, 0.717) is 27.2 Å². The average Bonchev–Trinajstić information content (AvgIpc) is 2.68. The lowest BCUT2D eigenvalue weighted by atomic mass is 10.1. The molecule has 0 atom stereocenters. The van der Waals surface area contributed by atoms with Crippen LogP contribution < -0.4 is 0 Å². The van der Waals surface area contributed by atoms with E-state index in [-0.39, 0.29) is 18.0 Å². The first-order chi connectivity index (χ1) is 13.1. The Morgan fingerprint density at radius 2 is 1.85 bits per heavy atom. The number of benzene rings is 2. The standard InChI is InChI=1S/C20H16ClFN2O2S/c1-2-26-19(25)17-11-23-20(27-12-13-3-7-15(21)8-4-13)24-18(17)14-5-9-16(22)10-6-14/h3-11H,2,12H2,1H3. The first kappa shape index (κ1) is 19.3. The van der Waals surface area contributed by atoms with Gasteiger partial charge in [0.05, 0.1) is 12.3 Å². The van der Waals surface area contributed by atoms with Gasteiger partial charge >= 0.3 is 5.97 Å². The van der Waals surface area contributed by atoms with Gasteiger partial charge in [0, 0.05) is 22.5 Å². The SMILES string of the molecule is CCOC(=O)c1cnc(SCc2ccc(Cl)cc2)nc1-c1ccc(F)cc1. The van der Waals surface area contributed by atoms with Crippen LogP contribution in [0.1, 0.15) is 22.8 Å². The van der Waals surface area contributed by atoms with Crippen LogP contribution in [0.5, 0.6) is 0 Å². The topological polar surface area (TPSA) is 52.1 Å². The summed E-state index contributed by atoms with van der Waals surface area (Å²) in [6.45, 7) is 1.97. The van der Waals surface area contributed by atoms with Crippen molar-refractivity contribution >= 4 is 29.3 Å². The molecular weight excluding hydrogens is 387 g/mol. The molecule has 0 aliphatic rings. The quantitative estimate of drug-likeness (QED) is 0.313. The zero-order valence-electron chi connectivity index (χ0n) is 14.5. The summed E-state index contributed by atoms with van der Waals surface area (Å²) >= 11 is 7.33. The molecule has 27 heavy (non-hydrogen) atoms. The molecule has 0 radical (unpaired) electrons. The van der Waals surface area contributed by atoms with Gasteiger partial charge in [-0.2, -0.15) is 0 Å². The summed E-state index contributed by atoms with van der Waals surface area (Å²) in [5.74, 6) is -0.215. The number of hydrogen-bond acceptors (Lipinski definition) is 5. The largest absolute Gasteiger partial charge is 0.462 e.